The highest BCUT2D eigenvalue weighted by atomic mass is 15.0. The molecule has 2 aromatic rings. The van der Waals surface area contributed by atoms with Crippen LogP contribution in [0.15, 0.2) is 24.3 Å². The van der Waals surface area contributed by atoms with Crippen molar-refractivity contribution in [3.63, 3.8) is 0 Å². The van der Waals surface area contributed by atoms with E-state index in [0.29, 0.717) is 11.7 Å². The van der Waals surface area contributed by atoms with Gasteiger partial charge >= 0.3 is 0 Å². The van der Waals surface area contributed by atoms with Gasteiger partial charge in [0.1, 0.15) is 11.6 Å². The highest BCUT2D eigenvalue weighted by Gasteiger charge is 2.12. The molecule has 1 aromatic carbocycles. The first kappa shape index (κ1) is 13.5. The minimum Gasteiger partial charge on any atom is -0.383 e. The van der Waals surface area contributed by atoms with Crippen molar-refractivity contribution in [2.75, 3.05) is 5.73 Å². The fourth-order valence-electron chi connectivity index (χ4n) is 2.34. The van der Waals surface area contributed by atoms with E-state index in [9.17, 15) is 0 Å². The molecule has 0 saturated heterocycles. The van der Waals surface area contributed by atoms with Crippen LogP contribution >= 0.6 is 0 Å². The molecule has 0 bridgehead atoms. The number of anilines is 1. The van der Waals surface area contributed by atoms with Crippen molar-refractivity contribution in [1.82, 2.24) is 9.97 Å². The summed E-state index contributed by atoms with van der Waals surface area (Å²) in [7, 11) is 0. The Hall–Kier alpha value is -1.90. The number of aromatic nitrogens is 2. The van der Waals surface area contributed by atoms with Gasteiger partial charge in [0.15, 0.2) is 0 Å². The van der Waals surface area contributed by atoms with Gasteiger partial charge < -0.3 is 5.73 Å². The number of rotatable bonds is 3. The van der Waals surface area contributed by atoms with Crippen LogP contribution in [0.25, 0.3) is 0 Å². The summed E-state index contributed by atoms with van der Waals surface area (Å²) in [6, 6.07) is 8.43. The molecule has 1 aromatic heterocycles. The standard InChI is InChI=1S/C16H21N3/c1-10(2)15-12(4)18-14(19-16(15)17)9-13-7-5-11(3)6-8-13/h5-8,10H,9H2,1-4H3,(H2,17,18,19). The minimum atomic E-state index is 0.355. The van der Waals surface area contributed by atoms with Crippen molar-refractivity contribution in [3.8, 4) is 0 Å². The van der Waals surface area contributed by atoms with Crippen molar-refractivity contribution in [1.29, 1.82) is 0 Å². The summed E-state index contributed by atoms with van der Waals surface area (Å²) in [5.74, 6) is 1.77. The number of nitrogen functional groups attached to an aromatic ring is 1. The molecule has 0 amide bonds. The molecule has 0 aliphatic heterocycles. The first-order valence-electron chi connectivity index (χ1n) is 6.65. The molecule has 3 nitrogen and oxygen atoms in total. The van der Waals surface area contributed by atoms with Gasteiger partial charge in [-0.15, -0.1) is 0 Å². The maximum Gasteiger partial charge on any atom is 0.135 e. The van der Waals surface area contributed by atoms with Crippen LogP contribution in [0.2, 0.25) is 0 Å². The zero-order valence-corrected chi connectivity index (χ0v) is 12.1. The second-order valence-corrected chi connectivity index (χ2v) is 5.34. The Kier molecular flexibility index (Phi) is 3.84. The van der Waals surface area contributed by atoms with E-state index in [4.69, 9.17) is 5.73 Å². The van der Waals surface area contributed by atoms with E-state index in [-0.39, 0.29) is 0 Å². The first-order chi connectivity index (χ1) is 8.97. The molecular formula is C16H21N3. The van der Waals surface area contributed by atoms with Crippen LogP contribution < -0.4 is 5.73 Å². The molecule has 0 unspecified atom stereocenters. The molecule has 2 rings (SSSR count). The highest BCUT2D eigenvalue weighted by Crippen LogP contribution is 2.23. The molecule has 0 spiro atoms. The van der Waals surface area contributed by atoms with Crippen LogP contribution in [0.4, 0.5) is 5.82 Å². The number of nitrogens with two attached hydrogens (primary N) is 1. The van der Waals surface area contributed by atoms with Gasteiger partial charge in [-0.25, -0.2) is 9.97 Å². The van der Waals surface area contributed by atoms with Crippen LogP contribution in [0.1, 0.15) is 48.0 Å². The van der Waals surface area contributed by atoms with E-state index in [1.165, 1.54) is 11.1 Å². The summed E-state index contributed by atoms with van der Waals surface area (Å²) < 4.78 is 0. The van der Waals surface area contributed by atoms with E-state index < -0.39 is 0 Å². The molecule has 1 heterocycles. The van der Waals surface area contributed by atoms with Gasteiger partial charge in [-0.3, -0.25) is 0 Å². The Morgan fingerprint density at radius 1 is 1.05 bits per heavy atom. The molecular weight excluding hydrogens is 234 g/mol. The third-order valence-electron chi connectivity index (χ3n) is 3.27. The molecule has 2 N–H and O–H groups in total. The Labute approximate surface area is 114 Å². The molecule has 0 atom stereocenters. The quantitative estimate of drug-likeness (QED) is 0.914. The van der Waals surface area contributed by atoms with E-state index in [0.717, 1.165) is 23.5 Å². The second-order valence-electron chi connectivity index (χ2n) is 5.34. The van der Waals surface area contributed by atoms with Crippen molar-refractivity contribution < 1.29 is 0 Å². The monoisotopic (exact) mass is 255 g/mol. The number of aryl methyl sites for hydroxylation is 2. The average molecular weight is 255 g/mol. The topological polar surface area (TPSA) is 51.8 Å². The van der Waals surface area contributed by atoms with Crippen LogP contribution in [0.3, 0.4) is 0 Å². The maximum atomic E-state index is 6.05. The lowest BCUT2D eigenvalue weighted by Crippen LogP contribution is -2.09. The molecule has 19 heavy (non-hydrogen) atoms. The van der Waals surface area contributed by atoms with Crippen LogP contribution in [0, 0.1) is 13.8 Å². The van der Waals surface area contributed by atoms with Crippen LogP contribution in [-0.2, 0) is 6.42 Å². The summed E-state index contributed by atoms with van der Waals surface area (Å²) in [6.07, 6.45) is 0.726. The molecule has 0 aliphatic rings. The first-order valence-corrected chi connectivity index (χ1v) is 6.65. The zero-order valence-electron chi connectivity index (χ0n) is 12.1. The van der Waals surface area contributed by atoms with Gasteiger partial charge in [0.25, 0.3) is 0 Å². The van der Waals surface area contributed by atoms with Crippen molar-refractivity contribution in [2.24, 2.45) is 0 Å². The number of nitrogens with zero attached hydrogens (tertiary/aromatic N) is 2. The number of hydrogen-bond acceptors (Lipinski definition) is 3. The smallest absolute Gasteiger partial charge is 0.135 e. The van der Waals surface area contributed by atoms with E-state index in [1.807, 2.05) is 6.92 Å². The highest BCUT2D eigenvalue weighted by molar-refractivity contribution is 5.44. The fourth-order valence-corrected chi connectivity index (χ4v) is 2.34. The summed E-state index contributed by atoms with van der Waals surface area (Å²) in [5, 5.41) is 0. The summed E-state index contributed by atoms with van der Waals surface area (Å²) in [6.45, 7) is 8.31. The molecule has 0 aliphatic carbocycles. The van der Waals surface area contributed by atoms with E-state index >= 15 is 0 Å². The van der Waals surface area contributed by atoms with E-state index in [2.05, 4.69) is 55.0 Å². The average Bonchev–Trinajstić information content (AvgIpc) is 2.30. The van der Waals surface area contributed by atoms with Crippen LogP contribution in [-0.4, -0.2) is 9.97 Å². The molecule has 0 fully saturated rings. The Balaban J connectivity index is 2.29. The summed E-state index contributed by atoms with van der Waals surface area (Å²) >= 11 is 0. The maximum absolute atomic E-state index is 6.05. The largest absolute Gasteiger partial charge is 0.383 e. The third-order valence-corrected chi connectivity index (χ3v) is 3.27. The predicted molar refractivity (Wildman–Crippen MR) is 79.3 cm³/mol. The second kappa shape index (κ2) is 5.39. The predicted octanol–water partition coefficient (Wildman–Crippen LogP) is 3.39. The molecule has 0 saturated carbocycles. The molecule has 0 radical (unpaired) electrons. The number of hydrogen-bond donors (Lipinski definition) is 1. The minimum absolute atomic E-state index is 0.355. The van der Waals surface area contributed by atoms with Gasteiger partial charge in [-0.2, -0.15) is 0 Å². The van der Waals surface area contributed by atoms with Gasteiger partial charge in [-0.05, 0) is 25.3 Å². The SMILES string of the molecule is Cc1ccc(Cc2nc(C)c(C(C)C)c(N)n2)cc1. The van der Waals surface area contributed by atoms with Crippen molar-refractivity contribution in [3.05, 3.63) is 52.5 Å². The summed E-state index contributed by atoms with van der Waals surface area (Å²) in [4.78, 5) is 9.02. The lowest BCUT2D eigenvalue weighted by Gasteiger charge is -2.13. The van der Waals surface area contributed by atoms with Gasteiger partial charge in [0.2, 0.25) is 0 Å². The van der Waals surface area contributed by atoms with Crippen LogP contribution in [0.5, 0.6) is 0 Å². The molecule has 3 heteroatoms. The molecule has 100 valence electrons. The van der Waals surface area contributed by atoms with Gasteiger partial charge in [0, 0.05) is 17.7 Å². The lowest BCUT2D eigenvalue weighted by molar-refractivity contribution is 0.817. The third kappa shape index (κ3) is 3.11. The van der Waals surface area contributed by atoms with Gasteiger partial charge in [0.05, 0.1) is 0 Å². The number of benzene rings is 1. The Bertz CT molecular complexity index is 548. The summed E-state index contributed by atoms with van der Waals surface area (Å²) in [5.41, 5.74) is 10.6. The van der Waals surface area contributed by atoms with E-state index in [1.54, 1.807) is 0 Å². The zero-order chi connectivity index (χ0) is 14.0. The normalized spacial score (nSPS) is 11.0. The van der Waals surface area contributed by atoms with Crippen molar-refractivity contribution >= 4 is 5.82 Å². The van der Waals surface area contributed by atoms with Gasteiger partial charge in [-0.1, -0.05) is 43.7 Å². The Morgan fingerprint density at radius 3 is 2.21 bits per heavy atom. The Morgan fingerprint density at radius 2 is 1.68 bits per heavy atom. The van der Waals surface area contributed by atoms with Crippen molar-refractivity contribution in [2.45, 2.75) is 40.0 Å². The lowest BCUT2D eigenvalue weighted by atomic mass is 10.0. The fraction of sp³-hybridized carbons (Fsp3) is 0.375.